The van der Waals surface area contributed by atoms with E-state index in [0.29, 0.717) is 5.92 Å². The van der Waals surface area contributed by atoms with Gasteiger partial charge in [0.2, 0.25) is 0 Å². The predicted octanol–water partition coefficient (Wildman–Crippen LogP) is 4.10. The Bertz CT molecular complexity index is 301. The average Bonchev–Trinajstić information content (AvgIpc) is 2.41. The van der Waals surface area contributed by atoms with Gasteiger partial charge in [0.05, 0.1) is 0 Å². The Balaban J connectivity index is 1.67. The van der Waals surface area contributed by atoms with Crippen molar-refractivity contribution in [3.63, 3.8) is 0 Å². The molecule has 94 valence electrons. The van der Waals surface area contributed by atoms with Gasteiger partial charge in [-0.3, -0.25) is 0 Å². The van der Waals surface area contributed by atoms with E-state index in [9.17, 15) is 0 Å². The minimum Gasteiger partial charge on any atom is -0.314 e. The summed E-state index contributed by atoms with van der Waals surface area (Å²) in [5.41, 5.74) is 1.47. The SMILES string of the molecule is CC(CCNC1CCCCC1)c1ccccc1. The van der Waals surface area contributed by atoms with Crippen molar-refractivity contribution in [1.29, 1.82) is 0 Å². The minimum absolute atomic E-state index is 0.673. The van der Waals surface area contributed by atoms with Crippen LogP contribution in [0.15, 0.2) is 30.3 Å². The molecular formula is C16H25N. The summed E-state index contributed by atoms with van der Waals surface area (Å²) >= 11 is 0. The van der Waals surface area contributed by atoms with E-state index >= 15 is 0 Å². The molecule has 0 aromatic heterocycles. The topological polar surface area (TPSA) is 12.0 Å². The maximum absolute atomic E-state index is 3.72. The number of nitrogens with one attached hydrogen (secondary N) is 1. The Labute approximate surface area is 106 Å². The molecule has 1 aliphatic carbocycles. The summed E-state index contributed by atoms with van der Waals surface area (Å²) < 4.78 is 0. The van der Waals surface area contributed by atoms with E-state index in [1.165, 1.54) is 50.6 Å². The van der Waals surface area contributed by atoms with E-state index in [1.807, 2.05) is 0 Å². The Morgan fingerprint density at radius 1 is 1.12 bits per heavy atom. The van der Waals surface area contributed by atoms with Gasteiger partial charge >= 0.3 is 0 Å². The first-order valence-electron chi connectivity index (χ1n) is 7.14. The predicted molar refractivity (Wildman–Crippen MR) is 74.3 cm³/mol. The summed E-state index contributed by atoms with van der Waals surface area (Å²) in [5, 5.41) is 3.72. The summed E-state index contributed by atoms with van der Waals surface area (Å²) in [5.74, 6) is 0.673. The fraction of sp³-hybridized carbons (Fsp3) is 0.625. The summed E-state index contributed by atoms with van der Waals surface area (Å²) in [6, 6.07) is 11.7. The minimum atomic E-state index is 0.673. The molecular weight excluding hydrogens is 206 g/mol. The molecule has 0 bridgehead atoms. The number of hydrogen-bond donors (Lipinski definition) is 1. The van der Waals surface area contributed by atoms with Gasteiger partial charge in [-0.05, 0) is 37.3 Å². The summed E-state index contributed by atoms with van der Waals surface area (Å²) in [6.45, 7) is 3.50. The smallest absolute Gasteiger partial charge is 0.00670 e. The lowest BCUT2D eigenvalue weighted by Crippen LogP contribution is -2.32. The zero-order valence-electron chi connectivity index (χ0n) is 11.0. The quantitative estimate of drug-likeness (QED) is 0.804. The van der Waals surface area contributed by atoms with Gasteiger partial charge in [0.1, 0.15) is 0 Å². The summed E-state index contributed by atoms with van der Waals surface area (Å²) in [4.78, 5) is 0. The zero-order valence-corrected chi connectivity index (χ0v) is 11.0. The molecule has 0 saturated heterocycles. The second-order valence-electron chi connectivity index (χ2n) is 5.39. The van der Waals surface area contributed by atoms with Crippen LogP contribution in [0.5, 0.6) is 0 Å². The van der Waals surface area contributed by atoms with E-state index in [2.05, 4.69) is 42.6 Å². The van der Waals surface area contributed by atoms with Crippen LogP contribution in [-0.2, 0) is 0 Å². The molecule has 1 heteroatoms. The monoisotopic (exact) mass is 231 g/mol. The van der Waals surface area contributed by atoms with E-state index in [4.69, 9.17) is 0 Å². The van der Waals surface area contributed by atoms with E-state index < -0.39 is 0 Å². The van der Waals surface area contributed by atoms with Crippen molar-refractivity contribution in [1.82, 2.24) is 5.32 Å². The lowest BCUT2D eigenvalue weighted by atomic mass is 9.94. The molecule has 1 fully saturated rings. The fourth-order valence-electron chi connectivity index (χ4n) is 2.76. The van der Waals surface area contributed by atoms with Crippen LogP contribution in [0.4, 0.5) is 0 Å². The van der Waals surface area contributed by atoms with Crippen molar-refractivity contribution in [2.45, 2.75) is 57.4 Å². The van der Waals surface area contributed by atoms with Gasteiger partial charge in [0.15, 0.2) is 0 Å². The Morgan fingerprint density at radius 3 is 2.53 bits per heavy atom. The second kappa shape index (κ2) is 6.80. The largest absolute Gasteiger partial charge is 0.314 e. The van der Waals surface area contributed by atoms with Crippen LogP contribution in [0.1, 0.15) is 56.9 Å². The molecule has 1 aromatic rings. The zero-order chi connectivity index (χ0) is 11.9. The van der Waals surface area contributed by atoms with Crippen molar-refractivity contribution in [2.24, 2.45) is 0 Å². The maximum atomic E-state index is 3.72. The van der Waals surface area contributed by atoms with E-state index in [1.54, 1.807) is 0 Å². The number of rotatable bonds is 5. The normalized spacial score (nSPS) is 19.1. The molecule has 2 rings (SSSR count). The number of benzene rings is 1. The molecule has 17 heavy (non-hydrogen) atoms. The molecule has 1 saturated carbocycles. The van der Waals surface area contributed by atoms with Crippen LogP contribution in [0.3, 0.4) is 0 Å². The molecule has 0 radical (unpaired) electrons. The van der Waals surface area contributed by atoms with Crippen molar-refractivity contribution >= 4 is 0 Å². The fourth-order valence-corrected chi connectivity index (χ4v) is 2.76. The van der Waals surface area contributed by atoms with Gasteiger partial charge in [-0.15, -0.1) is 0 Å². The van der Waals surface area contributed by atoms with Gasteiger partial charge in [-0.1, -0.05) is 56.5 Å². The van der Waals surface area contributed by atoms with Gasteiger partial charge in [0, 0.05) is 6.04 Å². The Hall–Kier alpha value is -0.820. The highest BCUT2D eigenvalue weighted by Gasteiger charge is 2.12. The van der Waals surface area contributed by atoms with Crippen molar-refractivity contribution < 1.29 is 0 Å². The van der Waals surface area contributed by atoms with Crippen LogP contribution in [0.2, 0.25) is 0 Å². The van der Waals surface area contributed by atoms with Gasteiger partial charge in [-0.25, -0.2) is 0 Å². The third-order valence-corrected chi connectivity index (χ3v) is 3.98. The standard InChI is InChI=1S/C16H25N/c1-14(15-8-4-2-5-9-15)12-13-17-16-10-6-3-7-11-16/h2,4-5,8-9,14,16-17H,3,6-7,10-13H2,1H3. The molecule has 1 aliphatic rings. The van der Waals surface area contributed by atoms with Crippen molar-refractivity contribution in [2.75, 3.05) is 6.54 Å². The molecule has 1 aromatic carbocycles. The molecule has 1 unspecified atom stereocenters. The first kappa shape index (κ1) is 12.6. The molecule has 0 heterocycles. The molecule has 1 nitrogen and oxygen atoms in total. The van der Waals surface area contributed by atoms with Crippen LogP contribution >= 0.6 is 0 Å². The molecule has 0 amide bonds. The van der Waals surface area contributed by atoms with Crippen molar-refractivity contribution in [3.05, 3.63) is 35.9 Å². The molecule has 0 spiro atoms. The first-order valence-corrected chi connectivity index (χ1v) is 7.14. The van der Waals surface area contributed by atoms with Gasteiger partial charge in [0.25, 0.3) is 0 Å². The Morgan fingerprint density at radius 2 is 1.82 bits per heavy atom. The third-order valence-electron chi connectivity index (χ3n) is 3.98. The maximum Gasteiger partial charge on any atom is 0.00670 e. The highest BCUT2D eigenvalue weighted by Crippen LogP contribution is 2.20. The van der Waals surface area contributed by atoms with Crippen LogP contribution in [-0.4, -0.2) is 12.6 Å². The van der Waals surface area contributed by atoms with Crippen LogP contribution < -0.4 is 5.32 Å². The third kappa shape index (κ3) is 4.16. The highest BCUT2D eigenvalue weighted by molar-refractivity contribution is 5.18. The van der Waals surface area contributed by atoms with Crippen LogP contribution in [0, 0.1) is 0 Å². The molecule has 0 aliphatic heterocycles. The van der Waals surface area contributed by atoms with Gasteiger partial charge in [-0.2, -0.15) is 0 Å². The molecule has 1 N–H and O–H groups in total. The Kier molecular flexibility index (Phi) is 5.06. The van der Waals surface area contributed by atoms with Crippen LogP contribution in [0.25, 0.3) is 0 Å². The summed E-state index contributed by atoms with van der Waals surface area (Å²) in [6.07, 6.45) is 8.32. The van der Waals surface area contributed by atoms with Crippen molar-refractivity contribution in [3.8, 4) is 0 Å². The second-order valence-corrected chi connectivity index (χ2v) is 5.39. The van der Waals surface area contributed by atoms with Gasteiger partial charge < -0.3 is 5.32 Å². The number of hydrogen-bond acceptors (Lipinski definition) is 1. The van der Waals surface area contributed by atoms with E-state index in [0.717, 1.165) is 6.04 Å². The van der Waals surface area contributed by atoms with E-state index in [-0.39, 0.29) is 0 Å². The molecule has 1 atom stereocenters. The average molecular weight is 231 g/mol. The lowest BCUT2D eigenvalue weighted by Gasteiger charge is -2.23. The summed E-state index contributed by atoms with van der Waals surface area (Å²) in [7, 11) is 0. The highest BCUT2D eigenvalue weighted by atomic mass is 14.9. The first-order chi connectivity index (χ1) is 8.36. The lowest BCUT2D eigenvalue weighted by molar-refractivity contribution is 0.368.